The van der Waals surface area contributed by atoms with Crippen LogP contribution >= 0.6 is 35.4 Å². The molecule has 166 valence electrons. The molecule has 4 aromatic rings. The molecule has 0 aliphatic carbocycles. The monoisotopic (exact) mass is 498 g/mol. The van der Waals surface area contributed by atoms with Crippen LogP contribution in [0.2, 0.25) is 10.0 Å². The van der Waals surface area contributed by atoms with Gasteiger partial charge >= 0.3 is 5.63 Å². The smallest absolute Gasteiger partial charge is 0.344 e. The van der Waals surface area contributed by atoms with Gasteiger partial charge in [0.15, 0.2) is 5.11 Å². The molecule has 0 saturated heterocycles. The Morgan fingerprint density at radius 2 is 1.79 bits per heavy atom. The number of fused-ring (bicyclic) bond motifs is 1. The molecule has 0 saturated carbocycles. The third-order valence-corrected chi connectivity index (χ3v) is 5.56. The summed E-state index contributed by atoms with van der Waals surface area (Å²) in [5.74, 6) is -0.0769. The van der Waals surface area contributed by atoms with E-state index in [0.29, 0.717) is 33.2 Å². The Balaban J connectivity index is 1.57. The van der Waals surface area contributed by atoms with E-state index in [1.807, 2.05) is 12.1 Å². The van der Waals surface area contributed by atoms with Gasteiger partial charge in [-0.15, -0.1) is 0 Å². The third kappa shape index (κ3) is 5.01. The number of para-hydroxylation sites is 1. The number of halogens is 2. The molecule has 0 atom stereocenters. The fourth-order valence-corrected chi connectivity index (χ4v) is 3.83. The lowest BCUT2D eigenvalue weighted by Gasteiger charge is -2.13. The predicted octanol–water partition coefficient (Wildman–Crippen LogP) is 5.90. The van der Waals surface area contributed by atoms with Gasteiger partial charge in [0.25, 0.3) is 5.91 Å². The van der Waals surface area contributed by atoms with Crippen LogP contribution in [-0.2, 0) is 0 Å². The number of methoxy groups -OCH3 is 1. The average Bonchev–Trinajstić information content (AvgIpc) is 2.80. The first-order valence-electron chi connectivity index (χ1n) is 9.64. The summed E-state index contributed by atoms with van der Waals surface area (Å²) < 4.78 is 10.9. The number of thiocarbonyl (C=S) groups is 1. The van der Waals surface area contributed by atoms with E-state index < -0.39 is 11.5 Å². The number of hydrogen-bond acceptors (Lipinski definition) is 5. The van der Waals surface area contributed by atoms with Crippen molar-refractivity contribution in [3.63, 3.8) is 0 Å². The van der Waals surface area contributed by atoms with Gasteiger partial charge in [-0.2, -0.15) is 0 Å². The van der Waals surface area contributed by atoms with Gasteiger partial charge in [-0.05, 0) is 54.7 Å². The number of anilines is 1. The Labute approximate surface area is 204 Å². The van der Waals surface area contributed by atoms with Crippen molar-refractivity contribution in [1.29, 1.82) is 0 Å². The molecule has 0 spiro atoms. The van der Waals surface area contributed by atoms with Gasteiger partial charge in [0.2, 0.25) is 0 Å². The van der Waals surface area contributed by atoms with Crippen molar-refractivity contribution in [1.82, 2.24) is 5.32 Å². The summed E-state index contributed by atoms with van der Waals surface area (Å²) in [6, 6.07) is 18.7. The van der Waals surface area contributed by atoms with Gasteiger partial charge in [0, 0.05) is 27.7 Å². The maximum absolute atomic E-state index is 12.5. The van der Waals surface area contributed by atoms with Crippen LogP contribution in [-0.4, -0.2) is 18.1 Å². The summed E-state index contributed by atoms with van der Waals surface area (Å²) in [5, 5.41) is 6.94. The molecule has 1 heterocycles. The van der Waals surface area contributed by atoms with Gasteiger partial charge in [-0.25, -0.2) is 4.79 Å². The second kappa shape index (κ2) is 9.62. The Morgan fingerprint density at radius 3 is 2.58 bits per heavy atom. The number of nitrogens with one attached hydrogen (secondary N) is 2. The van der Waals surface area contributed by atoms with Crippen molar-refractivity contribution in [3.8, 4) is 16.9 Å². The van der Waals surface area contributed by atoms with Crippen LogP contribution in [0, 0.1) is 0 Å². The summed E-state index contributed by atoms with van der Waals surface area (Å²) in [6.07, 6.45) is 0. The largest absolute Gasteiger partial charge is 0.496 e. The molecular formula is C24H16Cl2N2O4S. The Bertz CT molecular complexity index is 1450. The highest BCUT2D eigenvalue weighted by Gasteiger charge is 2.15. The molecule has 0 bridgehead atoms. The topological polar surface area (TPSA) is 80.6 Å². The first-order valence-corrected chi connectivity index (χ1v) is 10.8. The highest BCUT2D eigenvalue weighted by Crippen LogP contribution is 2.32. The van der Waals surface area contributed by atoms with Crippen LogP contribution in [0.5, 0.6) is 5.75 Å². The second-order valence-electron chi connectivity index (χ2n) is 6.93. The van der Waals surface area contributed by atoms with Gasteiger partial charge in [0.1, 0.15) is 11.3 Å². The number of amides is 1. The minimum atomic E-state index is -0.502. The Hall–Kier alpha value is -3.39. The zero-order valence-corrected chi connectivity index (χ0v) is 19.5. The lowest BCUT2D eigenvalue weighted by Crippen LogP contribution is -2.34. The molecule has 0 aliphatic rings. The Kier molecular flexibility index (Phi) is 6.65. The standard InChI is InChI=1S/C24H16Cl2N2O4S/c1-31-21-12-15(27-24(33)28-22(29)18-11-14(25)6-9-19(18)26)7-8-16(21)17-10-13-4-2-3-5-20(13)32-23(17)30/h2-12H,1H3,(H2,27,28,29,33). The number of rotatable bonds is 4. The molecule has 0 aliphatic heterocycles. The SMILES string of the molecule is COc1cc(NC(=S)NC(=O)c2cc(Cl)ccc2Cl)ccc1-c1cc2ccccc2oc1=O. The van der Waals surface area contributed by atoms with E-state index in [0.717, 1.165) is 5.39 Å². The second-order valence-corrected chi connectivity index (χ2v) is 8.18. The molecule has 0 radical (unpaired) electrons. The third-order valence-electron chi connectivity index (χ3n) is 4.79. The first-order chi connectivity index (χ1) is 15.9. The molecule has 33 heavy (non-hydrogen) atoms. The lowest BCUT2D eigenvalue weighted by molar-refractivity contribution is 0.0978. The molecule has 9 heteroatoms. The van der Waals surface area contributed by atoms with Crippen molar-refractivity contribution >= 4 is 63.1 Å². The van der Waals surface area contributed by atoms with E-state index in [2.05, 4.69) is 10.6 Å². The molecule has 3 aromatic carbocycles. The summed E-state index contributed by atoms with van der Waals surface area (Å²) in [7, 11) is 1.49. The predicted molar refractivity (Wildman–Crippen MR) is 135 cm³/mol. The summed E-state index contributed by atoms with van der Waals surface area (Å²) in [5.41, 5.74) is 1.69. The fourth-order valence-electron chi connectivity index (χ4n) is 3.25. The molecule has 0 unspecified atom stereocenters. The number of ether oxygens (including phenoxy) is 1. The quantitative estimate of drug-likeness (QED) is 0.269. The van der Waals surface area contributed by atoms with Gasteiger partial charge in [-0.1, -0.05) is 41.4 Å². The highest BCUT2D eigenvalue weighted by atomic mass is 35.5. The van der Waals surface area contributed by atoms with Crippen molar-refractivity contribution in [2.24, 2.45) is 0 Å². The van der Waals surface area contributed by atoms with E-state index in [9.17, 15) is 9.59 Å². The zero-order valence-electron chi connectivity index (χ0n) is 17.1. The van der Waals surface area contributed by atoms with E-state index in [4.69, 9.17) is 44.6 Å². The Morgan fingerprint density at radius 1 is 1.00 bits per heavy atom. The molecular weight excluding hydrogens is 483 g/mol. The normalized spacial score (nSPS) is 10.6. The van der Waals surface area contributed by atoms with Crippen LogP contribution in [0.25, 0.3) is 22.1 Å². The minimum absolute atomic E-state index is 0.0519. The van der Waals surface area contributed by atoms with Gasteiger partial charge < -0.3 is 14.5 Å². The number of benzene rings is 3. The van der Waals surface area contributed by atoms with E-state index >= 15 is 0 Å². The van der Waals surface area contributed by atoms with Crippen molar-refractivity contribution < 1.29 is 13.9 Å². The van der Waals surface area contributed by atoms with E-state index in [-0.39, 0.29) is 15.7 Å². The zero-order chi connectivity index (χ0) is 23.5. The first kappa shape index (κ1) is 22.8. The average molecular weight is 499 g/mol. The highest BCUT2D eigenvalue weighted by molar-refractivity contribution is 7.80. The minimum Gasteiger partial charge on any atom is -0.496 e. The molecule has 2 N–H and O–H groups in total. The maximum atomic E-state index is 12.5. The maximum Gasteiger partial charge on any atom is 0.344 e. The van der Waals surface area contributed by atoms with Crippen molar-refractivity contribution in [3.05, 3.63) is 92.8 Å². The summed E-state index contributed by atoms with van der Waals surface area (Å²) in [4.78, 5) is 25.0. The number of carbonyl (C=O) groups is 1. The van der Waals surface area contributed by atoms with Crippen molar-refractivity contribution in [2.75, 3.05) is 12.4 Å². The number of hydrogen-bond donors (Lipinski definition) is 2. The van der Waals surface area contributed by atoms with Crippen LogP contribution in [0.4, 0.5) is 5.69 Å². The van der Waals surface area contributed by atoms with E-state index in [1.54, 1.807) is 42.5 Å². The summed E-state index contributed by atoms with van der Waals surface area (Å²) >= 11 is 17.2. The van der Waals surface area contributed by atoms with Gasteiger partial charge in [-0.3, -0.25) is 10.1 Å². The summed E-state index contributed by atoms with van der Waals surface area (Å²) in [6.45, 7) is 0. The van der Waals surface area contributed by atoms with Crippen LogP contribution in [0.3, 0.4) is 0 Å². The van der Waals surface area contributed by atoms with Crippen LogP contribution in [0.1, 0.15) is 10.4 Å². The lowest BCUT2D eigenvalue weighted by atomic mass is 10.0. The van der Waals surface area contributed by atoms with E-state index in [1.165, 1.54) is 19.2 Å². The molecule has 6 nitrogen and oxygen atoms in total. The molecule has 1 aromatic heterocycles. The number of carbonyl (C=O) groups excluding carboxylic acids is 1. The van der Waals surface area contributed by atoms with Crippen LogP contribution in [0.15, 0.2) is 75.9 Å². The van der Waals surface area contributed by atoms with Gasteiger partial charge in [0.05, 0.1) is 23.3 Å². The molecule has 4 rings (SSSR count). The molecule has 1 amide bonds. The fraction of sp³-hybridized carbons (Fsp3) is 0.0417. The van der Waals surface area contributed by atoms with Crippen molar-refractivity contribution in [2.45, 2.75) is 0 Å². The molecule has 0 fully saturated rings. The van der Waals surface area contributed by atoms with Crippen LogP contribution < -0.4 is 21.0 Å².